The first-order valence-corrected chi connectivity index (χ1v) is 10.1. The largest absolute Gasteiger partial charge is 0.573 e. The molecular weight excluding hydrogens is 482 g/mol. The average Bonchev–Trinajstić information content (AvgIpc) is 3.30. The van der Waals surface area contributed by atoms with Gasteiger partial charge < -0.3 is 9.64 Å². The zero-order valence-electron chi connectivity index (χ0n) is 14.2. The Morgan fingerprint density at radius 3 is 2.50 bits per heavy atom. The van der Waals surface area contributed by atoms with Gasteiger partial charge in [-0.15, -0.1) is 13.2 Å². The highest BCUT2D eigenvalue weighted by Gasteiger charge is 2.53. The Kier molecular flexibility index (Phi) is 4.83. The van der Waals surface area contributed by atoms with Gasteiger partial charge >= 0.3 is 6.36 Å². The van der Waals surface area contributed by atoms with E-state index in [1.54, 1.807) is 18.2 Å². The summed E-state index contributed by atoms with van der Waals surface area (Å²) in [7, 11) is 0. The number of hydrogen-bond acceptors (Lipinski definition) is 2. The molecule has 148 valence electrons. The van der Waals surface area contributed by atoms with E-state index in [1.165, 1.54) is 23.1 Å². The highest BCUT2D eigenvalue weighted by atomic mass is 79.9. The molecule has 28 heavy (non-hydrogen) atoms. The van der Waals surface area contributed by atoms with Gasteiger partial charge in [-0.1, -0.05) is 51.3 Å². The van der Waals surface area contributed by atoms with Crippen LogP contribution in [-0.2, 0) is 10.2 Å². The van der Waals surface area contributed by atoms with Crippen molar-refractivity contribution in [1.29, 1.82) is 0 Å². The van der Waals surface area contributed by atoms with Gasteiger partial charge in [-0.3, -0.25) is 4.79 Å². The molecule has 0 saturated heterocycles. The molecule has 1 aliphatic heterocycles. The van der Waals surface area contributed by atoms with Crippen molar-refractivity contribution in [3.05, 3.63) is 57.6 Å². The molecule has 1 fully saturated rings. The van der Waals surface area contributed by atoms with Crippen molar-refractivity contribution in [3.63, 3.8) is 0 Å². The molecule has 0 radical (unpaired) electrons. The third-order valence-corrected chi connectivity index (χ3v) is 6.54. The highest BCUT2D eigenvalue weighted by molar-refractivity contribution is 9.09. The Labute approximate surface area is 177 Å². The quantitative estimate of drug-likeness (QED) is 0.461. The minimum atomic E-state index is -4.80. The number of anilines is 1. The third kappa shape index (κ3) is 3.60. The van der Waals surface area contributed by atoms with E-state index in [2.05, 4.69) is 20.7 Å². The SMILES string of the molecule is O=C(C(Br)c1ccc(Cl)cc1Cl)N1CC2(CC2)c2ccc(OC(F)(F)F)cc21. The second-order valence-corrected chi connectivity index (χ2v) is 8.72. The molecule has 1 heterocycles. The van der Waals surface area contributed by atoms with Gasteiger partial charge in [-0.05, 0) is 42.2 Å². The van der Waals surface area contributed by atoms with Crippen LogP contribution in [0.3, 0.4) is 0 Å². The number of carbonyl (C=O) groups excluding carboxylic acids is 1. The van der Waals surface area contributed by atoms with E-state index in [9.17, 15) is 18.0 Å². The standard InChI is InChI=1S/C19H13BrCl2F3NO2/c20-16(12-3-1-10(21)7-14(12)22)17(27)26-9-18(5-6-18)13-4-2-11(8-15(13)26)28-19(23,24)25/h1-4,7-8,16H,5-6,9H2. The Hall–Kier alpha value is -1.44. The molecule has 1 aliphatic carbocycles. The fourth-order valence-corrected chi connectivity index (χ4v) is 4.90. The van der Waals surface area contributed by atoms with E-state index in [4.69, 9.17) is 23.2 Å². The predicted molar refractivity (Wildman–Crippen MR) is 105 cm³/mol. The maximum atomic E-state index is 13.2. The summed E-state index contributed by atoms with van der Waals surface area (Å²) in [6.45, 7) is 0.421. The van der Waals surface area contributed by atoms with Gasteiger partial charge in [0.1, 0.15) is 10.6 Å². The Morgan fingerprint density at radius 1 is 1.18 bits per heavy atom. The van der Waals surface area contributed by atoms with Crippen molar-refractivity contribution in [1.82, 2.24) is 0 Å². The molecular formula is C19H13BrCl2F3NO2. The summed E-state index contributed by atoms with van der Waals surface area (Å²) in [5.41, 5.74) is 1.67. The number of benzene rings is 2. The summed E-state index contributed by atoms with van der Waals surface area (Å²) >= 11 is 15.5. The van der Waals surface area contributed by atoms with E-state index in [1.807, 2.05) is 0 Å². The highest BCUT2D eigenvalue weighted by Crippen LogP contribution is 2.57. The first-order chi connectivity index (χ1) is 13.1. The van der Waals surface area contributed by atoms with Gasteiger partial charge in [0, 0.05) is 28.1 Å². The van der Waals surface area contributed by atoms with Gasteiger partial charge in [0.25, 0.3) is 0 Å². The molecule has 0 N–H and O–H groups in total. The van der Waals surface area contributed by atoms with Crippen LogP contribution in [0.15, 0.2) is 36.4 Å². The molecule has 2 aromatic rings. The summed E-state index contributed by atoms with van der Waals surface area (Å²) in [4.78, 5) is 13.9. The topological polar surface area (TPSA) is 29.5 Å². The normalized spacial score (nSPS) is 18.1. The summed E-state index contributed by atoms with van der Waals surface area (Å²) in [6, 6.07) is 9.00. The van der Waals surface area contributed by atoms with E-state index in [0.29, 0.717) is 27.8 Å². The molecule has 1 saturated carbocycles. The third-order valence-electron chi connectivity index (χ3n) is 5.10. The van der Waals surface area contributed by atoms with Crippen LogP contribution < -0.4 is 9.64 Å². The number of ether oxygens (including phenoxy) is 1. The molecule has 9 heteroatoms. The lowest BCUT2D eigenvalue weighted by molar-refractivity contribution is -0.274. The van der Waals surface area contributed by atoms with Crippen LogP contribution >= 0.6 is 39.1 Å². The fourth-order valence-electron chi connectivity index (χ4n) is 3.61. The summed E-state index contributed by atoms with van der Waals surface area (Å²) in [5, 5.41) is 0.774. The molecule has 2 aromatic carbocycles. The van der Waals surface area contributed by atoms with Gasteiger partial charge in [-0.2, -0.15) is 0 Å². The van der Waals surface area contributed by atoms with Crippen molar-refractivity contribution in [2.24, 2.45) is 0 Å². The maximum absolute atomic E-state index is 13.2. The smallest absolute Gasteiger partial charge is 0.406 e. The fraction of sp³-hybridized carbons (Fsp3) is 0.316. The summed E-state index contributed by atoms with van der Waals surface area (Å²) in [5.74, 6) is -0.657. The lowest BCUT2D eigenvalue weighted by Gasteiger charge is -2.22. The molecule has 3 nitrogen and oxygen atoms in total. The van der Waals surface area contributed by atoms with E-state index in [0.717, 1.165) is 18.4 Å². The second-order valence-electron chi connectivity index (χ2n) is 6.96. The van der Waals surface area contributed by atoms with Gasteiger partial charge in [0.2, 0.25) is 5.91 Å². The number of rotatable bonds is 3. The van der Waals surface area contributed by atoms with Crippen LogP contribution in [-0.4, -0.2) is 18.8 Å². The van der Waals surface area contributed by atoms with Crippen LogP contribution in [0.25, 0.3) is 0 Å². The van der Waals surface area contributed by atoms with E-state index < -0.39 is 11.2 Å². The Morgan fingerprint density at radius 2 is 1.89 bits per heavy atom. The van der Waals surface area contributed by atoms with E-state index >= 15 is 0 Å². The van der Waals surface area contributed by atoms with Gasteiger partial charge in [0.15, 0.2) is 0 Å². The Bertz CT molecular complexity index is 963. The molecule has 1 unspecified atom stereocenters. The molecule has 4 rings (SSSR count). The number of carbonyl (C=O) groups is 1. The van der Waals surface area contributed by atoms with Gasteiger partial charge in [0.05, 0.1) is 5.69 Å². The monoisotopic (exact) mass is 493 g/mol. The zero-order chi connectivity index (χ0) is 20.3. The number of nitrogens with zero attached hydrogens (tertiary/aromatic N) is 1. The lowest BCUT2D eigenvalue weighted by atomic mass is 9.99. The Balaban J connectivity index is 1.68. The number of alkyl halides is 4. The van der Waals surface area contributed by atoms with Crippen molar-refractivity contribution >= 4 is 50.7 Å². The average molecular weight is 495 g/mol. The van der Waals surface area contributed by atoms with Crippen molar-refractivity contribution in [2.45, 2.75) is 29.4 Å². The van der Waals surface area contributed by atoms with Crippen molar-refractivity contribution < 1.29 is 22.7 Å². The molecule has 0 aromatic heterocycles. The van der Waals surface area contributed by atoms with E-state index in [-0.39, 0.29) is 17.1 Å². The maximum Gasteiger partial charge on any atom is 0.573 e. The second kappa shape index (κ2) is 6.82. The first kappa shape index (κ1) is 19.9. The lowest BCUT2D eigenvalue weighted by Crippen LogP contribution is -2.34. The van der Waals surface area contributed by atoms with Crippen LogP contribution in [0.2, 0.25) is 10.0 Å². The zero-order valence-corrected chi connectivity index (χ0v) is 17.3. The number of hydrogen-bond donors (Lipinski definition) is 0. The van der Waals surface area contributed by atoms with Crippen LogP contribution in [0.4, 0.5) is 18.9 Å². The summed E-state index contributed by atoms with van der Waals surface area (Å²) in [6.07, 6.45) is -3.02. The van der Waals surface area contributed by atoms with Crippen LogP contribution in [0.1, 0.15) is 28.8 Å². The first-order valence-electron chi connectivity index (χ1n) is 8.40. The minimum absolute atomic E-state index is 0.182. The molecule has 2 aliphatic rings. The molecule has 0 bridgehead atoms. The van der Waals surface area contributed by atoms with Crippen LogP contribution in [0, 0.1) is 0 Å². The molecule has 1 amide bonds. The number of fused-ring (bicyclic) bond motifs is 2. The van der Waals surface area contributed by atoms with Gasteiger partial charge in [-0.25, -0.2) is 0 Å². The predicted octanol–water partition coefficient (Wildman–Crippen LogP) is 6.41. The van der Waals surface area contributed by atoms with Crippen LogP contribution in [0.5, 0.6) is 5.75 Å². The van der Waals surface area contributed by atoms with Crippen molar-refractivity contribution in [2.75, 3.05) is 11.4 Å². The summed E-state index contributed by atoms with van der Waals surface area (Å²) < 4.78 is 41.8. The number of amides is 1. The molecule has 1 atom stereocenters. The van der Waals surface area contributed by atoms with Crippen molar-refractivity contribution in [3.8, 4) is 5.75 Å². The number of halogens is 6. The minimum Gasteiger partial charge on any atom is -0.406 e. The molecule has 1 spiro atoms.